The Hall–Kier alpha value is -6.48. The fraction of sp³-hybridized carbons (Fsp3) is 0.200. The molecule has 1 aliphatic rings. The summed E-state index contributed by atoms with van der Waals surface area (Å²) < 4.78 is 22.8. The van der Waals surface area contributed by atoms with Crippen LogP contribution in [0.2, 0.25) is 0 Å². The van der Waals surface area contributed by atoms with E-state index in [1.165, 1.54) is 18.2 Å². The SMILES string of the molecule is Cc1ccc(C(=O)OC2OC[C@H](CC(=O)c3ccc(O)c(O)c3)[C@H](OC(=O)c3ccc(O)c(O)c3)[C@H]2OC(=O)c2ccc(O)c(O)c2)cc1O. The molecule has 1 heterocycles. The quantitative estimate of drug-likeness (QED) is 0.0571. The van der Waals surface area contributed by atoms with E-state index in [-0.39, 0.29) is 28.0 Å². The average Bonchev–Trinajstić information content (AvgIpc) is 3.08. The fourth-order valence-electron chi connectivity index (χ4n) is 5.04. The molecule has 260 valence electrons. The van der Waals surface area contributed by atoms with Gasteiger partial charge in [0.25, 0.3) is 0 Å². The third-order valence-electron chi connectivity index (χ3n) is 7.85. The Morgan fingerprint density at radius 2 is 0.980 bits per heavy atom. The molecule has 1 saturated heterocycles. The molecule has 1 fully saturated rings. The van der Waals surface area contributed by atoms with Crippen molar-refractivity contribution in [1.29, 1.82) is 0 Å². The lowest BCUT2D eigenvalue weighted by molar-refractivity contribution is -0.237. The van der Waals surface area contributed by atoms with Crippen molar-refractivity contribution in [2.75, 3.05) is 6.61 Å². The standard InChI is InChI=1S/C35H30O15/c1-16-2-3-18(11-25(16)39)34(46)50-35-31(49-33(45)20-6-9-24(38)29(43)13-20)30(48-32(44)19-5-8-23(37)28(42)12-19)21(15-47-35)14-26(40)17-4-7-22(36)27(41)10-17/h2-13,21,30-31,35-39,41-43H,14-15H2,1H3/t21-,30-,31+,35?/m0/s1. The van der Waals surface area contributed by atoms with Gasteiger partial charge in [0.1, 0.15) is 5.75 Å². The van der Waals surface area contributed by atoms with Gasteiger partial charge in [0.05, 0.1) is 23.3 Å². The predicted molar refractivity (Wildman–Crippen MR) is 168 cm³/mol. The average molecular weight is 691 g/mol. The number of hydrogen-bond acceptors (Lipinski definition) is 15. The molecule has 15 nitrogen and oxygen atoms in total. The van der Waals surface area contributed by atoms with Crippen LogP contribution in [0.4, 0.5) is 0 Å². The molecule has 1 aliphatic heterocycles. The van der Waals surface area contributed by atoms with E-state index in [0.29, 0.717) is 5.56 Å². The van der Waals surface area contributed by atoms with Crippen LogP contribution < -0.4 is 0 Å². The number of carbonyl (C=O) groups is 4. The summed E-state index contributed by atoms with van der Waals surface area (Å²) in [4.78, 5) is 53.4. The van der Waals surface area contributed by atoms with Crippen LogP contribution in [0.15, 0.2) is 72.8 Å². The number of hydrogen-bond donors (Lipinski definition) is 7. The zero-order valence-electron chi connectivity index (χ0n) is 26.0. The summed E-state index contributed by atoms with van der Waals surface area (Å²) in [6, 6.07) is 13.3. The molecule has 0 amide bonds. The summed E-state index contributed by atoms with van der Waals surface area (Å²) in [7, 11) is 0. The summed E-state index contributed by atoms with van der Waals surface area (Å²) >= 11 is 0. The fourth-order valence-corrected chi connectivity index (χ4v) is 5.04. The monoisotopic (exact) mass is 690 g/mol. The van der Waals surface area contributed by atoms with Gasteiger partial charge in [-0.2, -0.15) is 0 Å². The molecule has 7 N–H and O–H groups in total. The first-order valence-electron chi connectivity index (χ1n) is 14.8. The van der Waals surface area contributed by atoms with Crippen LogP contribution in [-0.2, 0) is 18.9 Å². The largest absolute Gasteiger partial charge is 0.508 e. The molecule has 0 radical (unpaired) electrons. The number of benzene rings is 4. The summed E-state index contributed by atoms with van der Waals surface area (Å²) in [5, 5.41) is 69.1. The summed E-state index contributed by atoms with van der Waals surface area (Å²) in [5.74, 6) is -8.78. The van der Waals surface area contributed by atoms with Gasteiger partial charge >= 0.3 is 17.9 Å². The van der Waals surface area contributed by atoms with Crippen LogP contribution in [0.25, 0.3) is 0 Å². The molecule has 0 bridgehead atoms. The Balaban J connectivity index is 1.53. The lowest BCUT2D eigenvalue weighted by atomic mass is 9.88. The van der Waals surface area contributed by atoms with Crippen molar-refractivity contribution in [3.8, 4) is 40.2 Å². The maximum atomic E-state index is 13.4. The molecule has 50 heavy (non-hydrogen) atoms. The highest BCUT2D eigenvalue weighted by Gasteiger charge is 2.48. The highest BCUT2D eigenvalue weighted by atomic mass is 16.7. The van der Waals surface area contributed by atoms with Gasteiger partial charge in [0, 0.05) is 17.9 Å². The summed E-state index contributed by atoms with van der Waals surface area (Å²) in [5.41, 5.74) is -0.267. The second-order valence-electron chi connectivity index (χ2n) is 11.3. The predicted octanol–water partition coefficient (Wildman–Crippen LogP) is 3.79. The second kappa shape index (κ2) is 14.3. The van der Waals surface area contributed by atoms with Gasteiger partial charge < -0.3 is 54.7 Å². The van der Waals surface area contributed by atoms with Crippen molar-refractivity contribution in [3.63, 3.8) is 0 Å². The molecule has 4 aromatic carbocycles. The van der Waals surface area contributed by atoms with Crippen molar-refractivity contribution in [2.24, 2.45) is 5.92 Å². The van der Waals surface area contributed by atoms with E-state index in [4.69, 9.17) is 18.9 Å². The molecule has 1 unspecified atom stereocenters. The highest BCUT2D eigenvalue weighted by molar-refractivity contribution is 5.97. The molecule has 4 atom stereocenters. The minimum Gasteiger partial charge on any atom is -0.508 e. The number of rotatable bonds is 9. The number of carbonyl (C=O) groups excluding carboxylic acids is 4. The summed E-state index contributed by atoms with van der Waals surface area (Å²) in [6.45, 7) is 1.17. The zero-order valence-corrected chi connectivity index (χ0v) is 26.0. The molecule has 0 aromatic heterocycles. The van der Waals surface area contributed by atoms with Crippen LogP contribution in [-0.4, -0.2) is 84.5 Å². The Kier molecular flexibility index (Phi) is 9.99. The second-order valence-corrected chi connectivity index (χ2v) is 11.3. The number of ether oxygens (including phenoxy) is 4. The van der Waals surface area contributed by atoms with Gasteiger partial charge in [-0.15, -0.1) is 0 Å². The first-order valence-corrected chi connectivity index (χ1v) is 14.8. The van der Waals surface area contributed by atoms with Gasteiger partial charge in [-0.05, 0) is 79.2 Å². The van der Waals surface area contributed by atoms with Crippen molar-refractivity contribution < 1.29 is 73.9 Å². The molecular weight excluding hydrogens is 660 g/mol. The van der Waals surface area contributed by atoms with Crippen molar-refractivity contribution in [1.82, 2.24) is 0 Å². The number of ketones is 1. The number of Topliss-reactive ketones (excluding diaryl/α,β-unsaturated/α-hetero) is 1. The van der Waals surface area contributed by atoms with E-state index in [1.807, 2.05) is 0 Å². The van der Waals surface area contributed by atoms with E-state index in [2.05, 4.69) is 0 Å². The Bertz CT molecular complexity index is 1830. The Morgan fingerprint density at radius 1 is 0.560 bits per heavy atom. The lowest BCUT2D eigenvalue weighted by Crippen LogP contribution is -2.55. The van der Waals surface area contributed by atoms with Gasteiger partial charge in [-0.25, -0.2) is 14.4 Å². The lowest BCUT2D eigenvalue weighted by Gasteiger charge is -2.40. The minimum absolute atomic E-state index is 0.0466. The van der Waals surface area contributed by atoms with Gasteiger partial charge in [0.2, 0.25) is 12.4 Å². The summed E-state index contributed by atoms with van der Waals surface area (Å²) in [6.07, 6.45) is -5.70. The van der Waals surface area contributed by atoms with Crippen LogP contribution in [0.3, 0.4) is 0 Å². The smallest absolute Gasteiger partial charge is 0.340 e. The van der Waals surface area contributed by atoms with Crippen molar-refractivity contribution in [3.05, 3.63) is 101 Å². The number of phenols is 7. The van der Waals surface area contributed by atoms with Crippen LogP contribution in [0.5, 0.6) is 40.2 Å². The van der Waals surface area contributed by atoms with E-state index in [0.717, 1.165) is 54.6 Å². The molecule has 0 aliphatic carbocycles. The normalized spacial score (nSPS) is 18.5. The van der Waals surface area contributed by atoms with Crippen molar-refractivity contribution >= 4 is 23.7 Å². The topological polar surface area (TPSA) is 247 Å². The number of aryl methyl sites for hydroxylation is 1. The van der Waals surface area contributed by atoms with Gasteiger partial charge in [-0.1, -0.05) is 6.07 Å². The van der Waals surface area contributed by atoms with Gasteiger partial charge in [-0.3, -0.25) is 4.79 Å². The van der Waals surface area contributed by atoms with Gasteiger partial charge in [0.15, 0.2) is 46.4 Å². The maximum absolute atomic E-state index is 13.4. The minimum atomic E-state index is -1.81. The molecule has 0 saturated carbocycles. The third kappa shape index (κ3) is 7.63. The number of phenolic OH excluding ortho intramolecular Hbond substituents is 7. The number of esters is 3. The first kappa shape index (κ1) is 34.8. The van der Waals surface area contributed by atoms with Crippen molar-refractivity contribution in [2.45, 2.75) is 31.8 Å². The van der Waals surface area contributed by atoms with Crippen LogP contribution in [0, 0.1) is 12.8 Å². The molecule has 5 rings (SSSR count). The molecule has 15 heteroatoms. The molecule has 4 aromatic rings. The third-order valence-corrected chi connectivity index (χ3v) is 7.85. The zero-order chi connectivity index (χ0) is 36.3. The number of aromatic hydroxyl groups is 7. The van der Waals surface area contributed by atoms with Crippen LogP contribution >= 0.6 is 0 Å². The van der Waals surface area contributed by atoms with E-state index >= 15 is 0 Å². The van der Waals surface area contributed by atoms with E-state index in [9.17, 15) is 54.9 Å². The maximum Gasteiger partial charge on any atom is 0.340 e. The molecular formula is C35H30O15. The van der Waals surface area contributed by atoms with Crippen LogP contribution in [0.1, 0.15) is 53.4 Å². The Labute approximate surface area is 282 Å². The van der Waals surface area contributed by atoms with E-state index in [1.54, 1.807) is 6.92 Å². The van der Waals surface area contributed by atoms with E-state index < -0.39 is 95.6 Å². The molecule has 0 spiro atoms. The highest BCUT2D eigenvalue weighted by Crippen LogP contribution is 2.35. The first-order chi connectivity index (χ1) is 23.7. The Morgan fingerprint density at radius 3 is 1.48 bits per heavy atom.